The maximum Gasteiger partial charge on any atom is 0.0664 e. The molecule has 1 rings (SSSR count). The predicted molar refractivity (Wildman–Crippen MR) is 65.4 cm³/mol. The quantitative estimate of drug-likeness (QED) is 0.628. The van der Waals surface area contributed by atoms with Gasteiger partial charge in [-0.1, -0.05) is 6.92 Å². The van der Waals surface area contributed by atoms with Crippen LogP contribution in [0.4, 0.5) is 0 Å². The maximum atomic E-state index is 9.56. The molecule has 96 valence electrons. The monoisotopic (exact) mass is 230 g/mol. The van der Waals surface area contributed by atoms with Crippen molar-refractivity contribution in [3.8, 4) is 0 Å². The summed E-state index contributed by atoms with van der Waals surface area (Å²) in [6, 6.07) is 0. The van der Waals surface area contributed by atoms with E-state index in [4.69, 9.17) is 10.5 Å². The van der Waals surface area contributed by atoms with Gasteiger partial charge >= 0.3 is 0 Å². The number of hydrogen-bond donors (Lipinski definition) is 2. The number of rotatable bonds is 7. The van der Waals surface area contributed by atoms with Crippen molar-refractivity contribution >= 4 is 0 Å². The van der Waals surface area contributed by atoms with Crippen LogP contribution in [0, 0.1) is 0 Å². The van der Waals surface area contributed by atoms with Crippen LogP contribution in [-0.2, 0) is 4.74 Å². The number of likely N-dealkylation sites (tertiary alicyclic amines) is 1. The minimum absolute atomic E-state index is 0.172. The first kappa shape index (κ1) is 13.9. The van der Waals surface area contributed by atoms with Gasteiger partial charge in [0.15, 0.2) is 0 Å². The smallest absolute Gasteiger partial charge is 0.0664 e. The number of β-amino-alcohol motifs (C(OH)–C–C–N with tert-alkyl or cyclic N) is 1. The summed E-state index contributed by atoms with van der Waals surface area (Å²) in [4.78, 5) is 2.33. The van der Waals surface area contributed by atoms with Crippen molar-refractivity contribution in [1.82, 2.24) is 4.90 Å². The van der Waals surface area contributed by atoms with Crippen LogP contribution in [0.1, 0.15) is 32.6 Å². The average Bonchev–Trinajstić information content (AvgIpc) is 2.31. The Morgan fingerprint density at radius 1 is 1.44 bits per heavy atom. The second-order valence-electron chi connectivity index (χ2n) is 4.58. The number of piperidine rings is 1. The van der Waals surface area contributed by atoms with E-state index in [2.05, 4.69) is 4.90 Å². The molecule has 1 unspecified atom stereocenters. The van der Waals surface area contributed by atoms with E-state index in [-0.39, 0.29) is 6.10 Å². The van der Waals surface area contributed by atoms with E-state index in [1.54, 1.807) is 0 Å². The Morgan fingerprint density at radius 3 is 2.69 bits per heavy atom. The molecule has 3 N–H and O–H groups in total. The fraction of sp³-hybridized carbons (Fsp3) is 1.00. The molecule has 0 aromatic carbocycles. The topological polar surface area (TPSA) is 58.7 Å². The second kappa shape index (κ2) is 8.01. The van der Waals surface area contributed by atoms with Gasteiger partial charge in [-0.15, -0.1) is 0 Å². The van der Waals surface area contributed by atoms with Gasteiger partial charge in [0.25, 0.3) is 0 Å². The fourth-order valence-corrected chi connectivity index (χ4v) is 2.02. The van der Waals surface area contributed by atoms with Crippen LogP contribution >= 0.6 is 0 Å². The highest BCUT2D eigenvalue weighted by atomic mass is 16.5. The SMILES string of the molecule is CCC(O)CN1CCC(OCCCN)CC1. The van der Waals surface area contributed by atoms with Crippen molar-refractivity contribution in [2.45, 2.75) is 44.8 Å². The van der Waals surface area contributed by atoms with Crippen LogP contribution < -0.4 is 5.73 Å². The molecule has 4 heteroatoms. The lowest BCUT2D eigenvalue weighted by atomic mass is 10.1. The zero-order valence-corrected chi connectivity index (χ0v) is 10.4. The highest BCUT2D eigenvalue weighted by Gasteiger charge is 2.20. The lowest BCUT2D eigenvalue weighted by Crippen LogP contribution is -2.41. The molecule has 0 aromatic heterocycles. The van der Waals surface area contributed by atoms with Gasteiger partial charge in [0.2, 0.25) is 0 Å². The molecule has 1 aliphatic heterocycles. The third kappa shape index (κ3) is 5.25. The van der Waals surface area contributed by atoms with Crippen LogP contribution in [0.5, 0.6) is 0 Å². The summed E-state index contributed by atoms with van der Waals surface area (Å²) in [6.07, 6.45) is 4.19. The molecule has 0 aromatic rings. The molecule has 1 saturated heterocycles. The Morgan fingerprint density at radius 2 is 2.12 bits per heavy atom. The lowest BCUT2D eigenvalue weighted by molar-refractivity contribution is -0.00251. The summed E-state index contributed by atoms with van der Waals surface area (Å²) in [5, 5.41) is 9.56. The van der Waals surface area contributed by atoms with Gasteiger partial charge in [0, 0.05) is 26.2 Å². The summed E-state index contributed by atoms with van der Waals surface area (Å²) in [7, 11) is 0. The predicted octanol–water partition coefficient (Wildman–Crippen LogP) is 0.587. The normalized spacial score (nSPS) is 21.2. The van der Waals surface area contributed by atoms with Gasteiger partial charge in [-0.25, -0.2) is 0 Å². The van der Waals surface area contributed by atoms with E-state index in [0.717, 1.165) is 51.9 Å². The van der Waals surface area contributed by atoms with Crippen molar-refractivity contribution in [1.29, 1.82) is 0 Å². The van der Waals surface area contributed by atoms with E-state index in [0.29, 0.717) is 12.6 Å². The highest BCUT2D eigenvalue weighted by molar-refractivity contribution is 4.74. The van der Waals surface area contributed by atoms with E-state index in [9.17, 15) is 5.11 Å². The molecule has 1 aliphatic rings. The minimum atomic E-state index is -0.172. The molecular weight excluding hydrogens is 204 g/mol. The Bertz CT molecular complexity index is 170. The van der Waals surface area contributed by atoms with Gasteiger partial charge < -0.3 is 20.5 Å². The third-order valence-corrected chi connectivity index (χ3v) is 3.18. The Hall–Kier alpha value is -0.160. The van der Waals surface area contributed by atoms with Crippen LogP contribution in [0.25, 0.3) is 0 Å². The Labute approximate surface area is 98.8 Å². The van der Waals surface area contributed by atoms with Crippen molar-refractivity contribution in [3.63, 3.8) is 0 Å². The molecule has 0 saturated carbocycles. The van der Waals surface area contributed by atoms with E-state index in [1.165, 1.54) is 0 Å². The first-order valence-corrected chi connectivity index (χ1v) is 6.48. The number of hydrogen-bond acceptors (Lipinski definition) is 4. The second-order valence-corrected chi connectivity index (χ2v) is 4.58. The van der Waals surface area contributed by atoms with E-state index >= 15 is 0 Å². The fourth-order valence-electron chi connectivity index (χ4n) is 2.02. The van der Waals surface area contributed by atoms with Crippen molar-refractivity contribution in [2.24, 2.45) is 5.73 Å². The zero-order chi connectivity index (χ0) is 11.8. The lowest BCUT2D eigenvalue weighted by Gasteiger charge is -2.32. The van der Waals surface area contributed by atoms with Gasteiger partial charge in [0.1, 0.15) is 0 Å². The summed E-state index contributed by atoms with van der Waals surface area (Å²) >= 11 is 0. The van der Waals surface area contributed by atoms with Crippen molar-refractivity contribution in [3.05, 3.63) is 0 Å². The average molecular weight is 230 g/mol. The van der Waals surface area contributed by atoms with E-state index < -0.39 is 0 Å². The molecule has 0 bridgehead atoms. The minimum Gasteiger partial charge on any atom is -0.392 e. The molecule has 1 heterocycles. The van der Waals surface area contributed by atoms with Crippen LogP contribution in [0.3, 0.4) is 0 Å². The summed E-state index contributed by atoms with van der Waals surface area (Å²) in [5.41, 5.74) is 5.42. The molecule has 0 spiro atoms. The molecule has 0 amide bonds. The first-order chi connectivity index (χ1) is 7.76. The summed E-state index contributed by atoms with van der Waals surface area (Å²) < 4.78 is 5.73. The van der Waals surface area contributed by atoms with Crippen LogP contribution in [0.15, 0.2) is 0 Å². The number of ether oxygens (including phenoxy) is 1. The molecule has 1 atom stereocenters. The molecule has 16 heavy (non-hydrogen) atoms. The van der Waals surface area contributed by atoms with Crippen molar-refractivity contribution < 1.29 is 9.84 Å². The molecule has 4 nitrogen and oxygen atoms in total. The number of nitrogens with zero attached hydrogens (tertiary/aromatic N) is 1. The highest BCUT2D eigenvalue weighted by Crippen LogP contribution is 2.14. The van der Waals surface area contributed by atoms with Crippen LogP contribution in [0.2, 0.25) is 0 Å². The third-order valence-electron chi connectivity index (χ3n) is 3.18. The molecule has 0 radical (unpaired) electrons. The number of nitrogens with two attached hydrogens (primary N) is 1. The molecule has 0 aliphatic carbocycles. The Kier molecular flexibility index (Phi) is 6.96. The Balaban J connectivity index is 2.08. The molecular formula is C12H26N2O2. The van der Waals surface area contributed by atoms with Gasteiger partial charge in [-0.05, 0) is 32.2 Å². The van der Waals surface area contributed by atoms with Gasteiger partial charge in [0.05, 0.1) is 12.2 Å². The summed E-state index contributed by atoms with van der Waals surface area (Å²) in [6.45, 7) is 6.42. The summed E-state index contributed by atoms with van der Waals surface area (Å²) in [5.74, 6) is 0. The standard InChI is InChI=1S/C12H26N2O2/c1-2-11(15)10-14-7-4-12(5-8-14)16-9-3-6-13/h11-12,15H,2-10,13H2,1H3. The van der Waals surface area contributed by atoms with E-state index in [1.807, 2.05) is 6.92 Å². The van der Waals surface area contributed by atoms with Gasteiger partial charge in [-0.3, -0.25) is 0 Å². The maximum absolute atomic E-state index is 9.56. The number of aliphatic hydroxyl groups is 1. The van der Waals surface area contributed by atoms with Gasteiger partial charge in [-0.2, -0.15) is 0 Å². The molecule has 1 fully saturated rings. The van der Waals surface area contributed by atoms with Crippen molar-refractivity contribution in [2.75, 3.05) is 32.8 Å². The largest absolute Gasteiger partial charge is 0.392 e. The van der Waals surface area contributed by atoms with Crippen LogP contribution in [-0.4, -0.2) is 55.0 Å². The number of aliphatic hydroxyl groups excluding tert-OH is 1. The first-order valence-electron chi connectivity index (χ1n) is 6.48. The zero-order valence-electron chi connectivity index (χ0n) is 10.4.